The number of hydrogen-bond donors (Lipinski definition) is 1. The highest BCUT2D eigenvalue weighted by Gasteiger charge is 2.43. The van der Waals surface area contributed by atoms with Crippen molar-refractivity contribution < 1.29 is 14.6 Å². The molecule has 0 amide bonds. The first-order chi connectivity index (χ1) is 12.1. The summed E-state index contributed by atoms with van der Waals surface area (Å²) in [5, 5.41) is 9.63. The van der Waals surface area contributed by atoms with Crippen molar-refractivity contribution in [2.24, 2.45) is 5.92 Å². The predicted octanol–water partition coefficient (Wildman–Crippen LogP) is 2.88. The summed E-state index contributed by atoms with van der Waals surface area (Å²) in [7, 11) is 1.64. The van der Waals surface area contributed by atoms with Gasteiger partial charge in [0.1, 0.15) is 11.9 Å². The molecule has 1 aliphatic rings. The van der Waals surface area contributed by atoms with Gasteiger partial charge < -0.3 is 9.84 Å². The lowest BCUT2D eigenvalue weighted by Gasteiger charge is -2.39. The Morgan fingerprint density at radius 2 is 2.00 bits per heavy atom. The zero-order chi connectivity index (χ0) is 17.7. The first-order valence-corrected chi connectivity index (χ1v) is 8.25. The van der Waals surface area contributed by atoms with E-state index in [9.17, 15) is 9.90 Å². The van der Waals surface area contributed by atoms with Gasteiger partial charge in [-0.1, -0.05) is 42.2 Å². The Morgan fingerprint density at radius 3 is 2.64 bits per heavy atom. The number of hydrogen-bond acceptors (Lipinski definition) is 4. The molecular weight excluding hydrogens is 316 g/mol. The van der Waals surface area contributed by atoms with Gasteiger partial charge in [0.15, 0.2) is 0 Å². The molecule has 0 aliphatic heterocycles. The first kappa shape index (κ1) is 17.1. The molecule has 5 heteroatoms. The second-order valence-electron chi connectivity index (χ2n) is 6.28. The van der Waals surface area contributed by atoms with Crippen molar-refractivity contribution in [3.05, 3.63) is 60.2 Å². The maximum absolute atomic E-state index is 11.7. The second-order valence-corrected chi connectivity index (χ2v) is 6.28. The molecule has 2 aromatic rings. The van der Waals surface area contributed by atoms with Gasteiger partial charge in [0.25, 0.3) is 0 Å². The van der Waals surface area contributed by atoms with Crippen LogP contribution in [0.5, 0.6) is 0 Å². The van der Waals surface area contributed by atoms with E-state index in [2.05, 4.69) is 21.8 Å². The van der Waals surface area contributed by atoms with Gasteiger partial charge in [0.05, 0.1) is 11.5 Å². The Balaban J connectivity index is 1.92. The normalized spacial score (nSPS) is 25.6. The van der Waals surface area contributed by atoms with Crippen LogP contribution in [-0.2, 0) is 9.53 Å². The summed E-state index contributed by atoms with van der Waals surface area (Å²) < 4.78 is 5.77. The van der Waals surface area contributed by atoms with Crippen molar-refractivity contribution in [1.29, 1.82) is 0 Å². The molecule has 1 saturated carbocycles. The molecule has 0 radical (unpaired) electrons. The Labute approximate surface area is 147 Å². The molecule has 1 heterocycles. The summed E-state index contributed by atoms with van der Waals surface area (Å²) in [5.41, 5.74) is 1.07. The Kier molecular flexibility index (Phi) is 5.11. The zero-order valence-electron chi connectivity index (χ0n) is 14.1. The molecule has 3 atom stereocenters. The number of ether oxygens (including phenoxy) is 1. The highest BCUT2D eigenvalue weighted by Crippen LogP contribution is 2.44. The van der Waals surface area contributed by atoms with Crippen LogP contribution in [0.4, 0.5) is 0 Å². The van der Waals surface area contributed by atoms with Gasteiger partial charge in [-0.05, 0) is 24.8 Å². The molecule has 1 aromatic heterocycles. The molecule has 1 aliphatic carbocycles. The lowest BCUT2D eigenvalue weighted by Crippen LogP contribution is -2.41. The number of rotatable bonds is 3. The van der Waals surface area contributed by atoms with Crippen LogP contribution in [0, 0.1) is 17.8 Å². The quantitative estimate of drug-likeness (QED) is 0.873. The van der Waals surface area contributed by atoms with Crippen molar-refractivity contribution in [3.8, 4) is 11.8 Å². The first-order valence-electron chi connectivity index (χ1n) is 8.25. The number of carbonyl (C=O) groups is 1. The lowest BCUT2D eigenvalue weighted by atomic mass is 9.69. The average Bonchev–Trinajstić information content (AvgIpc) is 2.67. The molecule has 25 heavy (non-hydrogen) atoms. The van der Waals surface area contributed by atoms with Crippen LogP contribution in [-0.4, -0.2) is 33.8 Å². The van der Waals surface area contributed by atoms with Crippen LogP contribution in [0.3, 0.4) is 0 Å². The van der Waals surface area contributed by atoms with E-state index in [0.29, 0.717) is 19.3 Å². The summed E-state index contributed by atoms with van der Waals surface area (Å²) >= 11 is 0. The molecule has 0 spiro atoms. The Hall–Kier alpha value is -2.71. The van der Waals surface area contributed by atoms with E-state index in [1.54, 1.807) is 19.5 Å². The molecule has 3 rings (SSSR count). The minimum Gasteiger partial charge on any atom is -0.481 e. The Morgan fingerprint density at radius 1 is 1.28 bits per heavy atom. The Bertz CT molecular complexity index is 783. The van der Waals surface area contributed by atoms with E-state index in [1.807, 2.05) is 30.3 Å². The molecule has 1 N–H and O–H groups in total. The topological polar surface area (TPSA) is 72.3 Å². The number of carboxylic acids is 1. The maximum atomic E-state index is 11.7. The number of aromatic nitrogens is 2. The van der Waals surface area contributed by atoms with Crippen LogP contribution in [0.2, 0.25) is 0 Å². The highest BCUT2D eigenvalue weighted by atomic mass is 16.5. The average molecular weight is 336 g/mol. The van der Waals surface area contributed by atoms with Crippen molar-refractivity contribution in [1.82, 2.24) is 9.97 Å². The van der Waals surface area contributed by atoms with Crippen LogP contribution < -0.4 is 0 Å². The summed E-state index contributed by atoms with van der Waals surface area (Å²) in [6.45, 7) is 0. The van der Waals surface area contributed by atoms with Gasteiger partial charge in [-0.2, -0.15) is 0 Å². The lowest BCUT2D eigenvalue weighted by molar-refractivity contribution is -0.145. The van der Waals surface area contributed by atoms with Crippen molar-refractivity contribution in [2.75, 3.05) is 7.11 Å². The highest BCUT2D eigenvalue weighted by molar-refractivity contribution is 5.71. The molecule has 0 bridgehead atoms. The standard InChI is InChI=1S/C20H20N2O3/c1-25-20(9-7-15-12-21-14-22-13-15)10-8-17(19(23)24)18(11-20)16-5-3-2-4-6-16/h2-6,12-14,17-18H,8,10-11H2,1H3,(H,23,24)/t17-,18+,20?/m1/s1. The van der Waals surface area contributed by atoms with E-state index in [-0.39, 0.29) is 5.92 Å². The van der Waals surface area contributed by atoms with Crippen molar-refractivity contribution >= 4 is 5.97 Å². The monoisotopic (exact) mass is 336 g/mol. The number of carboxylic acid groups (broad SMARTS) is 1. The largest absolute Gasteiger partial charge is 0.481 e. The number of nitrogens with zero attached hydrogens (tertiary/aromatic N) is 2. The SMILES string of the molecule is COC1(C#Cc2cncnc2)CC[C@@H](C(=O)O)[C@H](c2ccccc2)C1. The number of aliphatic carboxylic acids is 1. The molecule has 5 nitrogen and oxygen atoms in total. The van der Waals surface area contributed by atoms with Crippen LogP contribution in [0.1, 0.15) is 36.3 Å². The third-order valence-corrected chi connectivity index (χ3v) is 4.83. The van der Waals surface area contributed by atoms with Crippen molar-refractivity contribution in [3.63, 3.8) is 0 Å². The number of methoxy groups -OCH3 is 1. The molecule has 1 fully saturated rings. The molecule has 1 aromatic carbocycles. The van der Waals surface area contributed by atoms with E-state index >= 15 is 0 Å². The third-order valence-electron chi connectivity index (χ3n) is 4.83. The van der Waals surface area contributed by atoms with Crippen molar-refractivity contribution in [2.45, 2.75) is 30.8 Å². The van der Waals surface area contributed by atoms with E-state index in [4.69, 9.17) is 4.74 Å². The molecular formula is C20H20N2O3. The smallest absolute Gasteiger partial charge is 0.307 e. The van der Waals surface area contributed by atoms with E-state index in [1.165, 1.54) is 6.33 Å². The summed E-state index contributed by atoms with van der Waals surface area (Å²) in [4.78, 5) is 19.6. The number of benzene rings is 1. The van der Waals surface area contributed by atoms with E-state index in [0.717, 1.165) is 11.1 Å². The van der Waals surface area contributed by atoms with Crippen LogP contribution in [0.25, 0.3) is 0 Å². The van der Waals surface area contributed by atoms with Gasteiger partial charge in [-0.25, -0.2) is 9.97 Å². The van der Waals surface area contributed by atoms with Crippen LogP contribution >= 0.6 is 0 Å². The minimum absolute atomic E-state index is 0.131. The predicted molar refractivity (Wildman–Crippen MR) is 92.8 cm³/mol. The fraction of sp³-hybridized carbons (Fsp3) is 0.350. The molecule has 0 saturated heterocycles. The fourth-order valence-corrected chi connectivity index (χ4v) is 3.44. The van der Waals surface area contributed by atoms with Gasteiger partial charge >= 0.3 is 5.97 Å². The molecule has 128 valence electrons. The van der Waals surface area contributed by atoms with Gasteiger partial charge in [0.2, 0.25) is 0 Å². The second kappa shape index (κ2) is 7.45. The van der Waals surface area contributed by atoms with Crippen LogP contribution in [0.15, 0.2) is 49.1 Å². The molecule has 1 unspecified atom stereocenters. The van der Waals surface area contributed by atoms with E-state index < -0.39 is 17.5 Å². The maximum Gasteiger partial charge on any atom is 0.307 e. The summed E-state index contributed by atoms with van der Waals surface area (Å²) in [6, 6.07) is 9.76. The fourth-order valence-electron chi connectivity index (χ4n) is 3.44. The minimum atomic E-state index is -0.761. The summed E-state index contributed by atoms with van der Waals surface area (Å²) in [6.07, 6.45) is 6.43. The summed E-state index contributed by atoms with van der Waals surface area (Å²) in [5.74, 6) is 4.97. The van der Waals surface area contributed by atoms with Gasteiger partial charge in [-0.3, -0.25) is 4.79 Å². The third kappa shape index (κ3) is 3.86. The zero-order valence-corrected chi connectivity index (χ0v) is 14.1. The van der Waals surface area contributed by atoms with Gasteiger partial charge in [-0.15, -0.1) is 0 Å². The van der Waals surface area contributed by atoms with Gasteiger partial charge in [0, 0.05) is 25.4 Å².